The predicted molar refractivity (Wildman–Crippen MR) is 44.5 cm³/mol. The summed E-state index contributed by atoms with van der Waals surface area (Å²) in [7, 11) is 3.32. The van der Waals surface area contributed by atoms with Crippen LogP contribution in [0.25, 0.3) is 0 Å². The van der Waals surface area contributed by atoms with Crippen LogP contribution in [0.3, 0.4) is 0 Å². The average molecular weight is 178 g/mol. The van der Waals surface area contributed by atoms with Gasteiger partial charge in [-0.1, -0.05) is 0 Å². The predicted octanol–water partition coefficient (Wildman–Crippen LogP) is 0.982. The maximum atomic E-state index is 13.2. The maximum absolute atomic E-state index is 13.2. The molecule has 1 rings (SSSR count). The molecule has 2 atom stereocenters. The van der Waals surface area contributed by atoms with Gasteiger partial charge in [-0.2, -0.15) is 0 Å². The second-order valence-electron chi connectivity index (χ2n) is 3.31. The molecule has 0 aromatic rings. The van der Waals surface area contributed by atoms with Crippen LogP contribution in [0.15, 0.2) is 0 Å². The third-order valence-corrected chi connectivity index (χ3v) is 2.56. The SMILES string of the molecule is CN[C@@H]1[C@H](NC)CCCC1(F)F. The molecule has 0 bridgehead atoms. The molecule has 0 saturated heterocycles. The molecular weight excluding hydrogens is 162 g/mol. The Labute approximate surface area is 71.7 Å². The normalized spacial score (nSPS) is 35.0. The van der Waals surface area contributed by atoms with Crippen molar-refractivity contribution >= 4 is 0 Å². The molecule has 1 fully saturated rings. The lowest BCUT2D eigenvalue weighted by Gasteiger charge is -2.37. The van der Waals surface area contributed by atoms with Crippen molar-refractivity contribution in [2.24, 2.45) is 0 Å². The lowest BCUT2D eigenvalue weighted by Crippen LogP contribution is -2.58. The van der Waals surface area contributed by atoms with Crippen LogP contribution in [0.4, 0.5) is 8.78 Å². The van der Waals surface area contributed by atoms with Crippen LogP contribution < -0.4 is 10.6 Å². The van der Waals surface area contributed by atoms with Crippen molar-refractivity contribution in [1.82, 2.24) is 10.6 Å². The summed E-state index contributed by atoms with van der Waals surface area (Å²) in [5.74, 6) is -2.55. The van der Waals surface area contributed by atoms with Gasteiger partial charge < -0.3 is 10.6 Å². The highest BCUT2D eigenvalue weighted by Crippen LogP contribution is 2.33. The van der Waals surface area contributed by atoms with Crippen molar-refractivity contribution in [2.75, 3.05) is 14.1 Å². The molecule has 2 N–H and O–H groups in total. The van der Waals surface area contributed by atoms with Gasteiger partial charge in [0.25, 0.3) is 5.92 Å². The Balaban J connectivity index is 2.66. The summed E-state index contributed by atoms with van der Waals surface area (Å²) in [6.07, 6.45) is 1.45. The van der Waals surface area contributed by atoms with E-state index in [0.717, 1.165) is 6.42 Å². The molecule has 1 aliphatic carbocycles. The summed E-state index contributed by atoms with van der Waals surface area (Å²) in [5, 5.41) is 5.60. The molecule has 0 aromatic carbocycles. The molecule has 0 radical (unpaired) electrons. The number of nitrogens with one attached hydrogen (secondary N) is 2. The van der Waals surface area contributed by atoms with E-state index < -0.39 is 12.0 Å². The fourth-order valence-electron chi connectivity index (χ4n) is 1.90. The first kappa shape index (κ1) is 9.86. The number of hydrogen-bond donors (Lipinski definition) is 2. The first-order valence-electron chi connectivity index (χ1n) is 4.34. The standard InChI is InChI=1S/C8H16F2N2/c1-11-6-4-3-5-8(9,10)7(6)12-2/h6-7,11-12H,3-5H2,1-2H3/t6-,7-/m1/s1. The van der Waals surface area contributed by atoms with Gasteiger partial charge in [0.15, 0.2) is 0 Å². The van der Waals surface area contributed by atoms with Crippen LogP contribution >= 0.6 is 0 Å². The molecule has 2 nitrogen and oxygen atoms in total. The third kappa shape index (κ3) is 1.75. The molecule has 4 heteroatoms. The Morgan fingerprint density at radius 3 is 2.33 bits per heavy atom. The van der Waals surface area contributed by atoms with Crippen molar-refractivity contribution in [1.29, 1.82) is 0 Å². The third-order valence-electron chi connectivity index (χ3n) is 2.56. The minimum absolute atomic E-state index is 0.0106. The van der Waals surface area contributed by atoms with Crippen molar-refractivity contribution in [2.45, 2.75) is 37.3 Å². The molecule has 0 aliphatic heterocycles. The van der Waals surface area contributed by atoms with Crippen LogP contribution in [0.2, 0.25) is 0 Å². The topological polar surface area (TPSA) is 24.1 Å². The monoisotopic (exact) mass is 178 g/mol. The molecule has 1 aliphatic rings. The van der Waals surface area contributed by atoms with Crippen molar-refractivity contribution in [3.05, 3.63) is 0 Å². The Bertz CT molecular complexity index is 150. The first-order chi connectivity index (χ1) is 5.61. The lowest BCUT2D eigenvalue weighted by atomic mass is 9.87. The Kier molecular flexibility index (Phi) is 3.01. The van der Waals surface area contributed by atoms with E-state index in [1.54, 1.807) is 14.1 Å². The fourth-order valence-corrected chi connectivity index (χ4v) is 1.90. The number of hydrogen-bond acceptors (Lipinski definition) is 2. The summed E-state index contributed by atoms with van der Waals surface area (Å²) in [6, 6.07) is -0.810. The zero-order valence-corrected chi connectivity index (χ0v) is 7.53. The largest absolute Gasteiger partial charge is 0.315 e. The summed E-state index contributed by atoms with van der Waals surface area (Å²) in [5.41, 5.74) is 0. The lowest BCUT2D eigenvalue weighted by molar-refractivity contribution is -0.0719. The molecule has 0 unspecified atom stereocenters. The quantitative estimate of drug-likeness (QED) is 0.658. The zero-order valence-electron chi connectivity index (χ0n) is 7.53. The van der Waals surface area contributed by atoms with E-state index in [4.69, 9.17) is 0 Å². The van der Waals surface area contributed by atoms with E-state index in [2.05, 4.69) is 10.6 Å². The molecule has 1 saturated carbocycles. The molecule has 0 spiro atoms. The van der Waals surface area contributed by atoms with E-state index >= 15 is 0 Å². The number of halogens is 2. The van der Waals surface area contributed by atoms with Gasteiger partial charge in [0, 0.05) is 12.5 Å². The summed E-state index contributed by atoms with van der Waals surface area (Å²) < 4.78 is 26.4. The molecule has 0 amide bonds. The number of likely N-dealkylation sites (N-methyl/N-ethyl adjacent to an activating group) is 2. The van der Waals surface area contributed by atoms with E-state index in [-0.39, 0.29) is 12.5 Å². The van der Waals surface area contributed by atoms with Gasteiger partial charge in [-0.3, -0.25) is 0 Å². The van der Waals surface area contributed by atoms with E-state index in [1.807, 2.05) is 0 Å². The van der Waals surface area contributed by atoms with Gasteiger partial charge in [0.2, 0.25) is 0 Å². The Morgan fingerprint density at radius 2 is 1.92 bits per heavy atom. The Morgan fingerprint density at radius 1 is 1.25 bits per heavy atom. The molecule has 0 aromatic heterocycles. The van der Waals surface area contributed by atoms with E-state index in [9.17, 15) is 8.78 Å². The van der Waals surface area contributed by atoms with Gasteiger partial charge >= 0.3 is 0 Å². The van der Waals surface area contributed by atoms with Crippen molar-refractivity contribution < 1.29 is 8.78 Å². The second kappa shape index (κ2) is 3.66. The average Bonchev–Trinajstić information content (AvgIpc) is 2.02. The van der Waals surface area contributed by atoms with E-state index in [0.29, 0.717) is 6.42 Å². The van der Waals surface area contributed by atoms with Crippen LogP contribution in [-0.4, -0.2) is 32.1 Å². The smallest absolute Gasteiger partial charge is 0.264 e. The fraction of sp³-hybridized carbons (Fsp3) is 1.00. The number of rotatable bonds is 2. The van der Waals surface area contributed by atoms with Crippen LogP contribution in [0.5, 0.6) is 0 Å². The van der Waals surface area contributed by atoms with Crippen molar-refractivity contribution in [3.63, 3.8) is 0 Å². The minimum atomic E-state index is -2.55. The zero-order chi connectivity index (χ0) is 9.19. The van der Waals surface area contributed by atoms with Gasteiger partial charge in [0.1, 0.15) is 0 Å². The van der Waals surface area contributed by atoms with Crippen LogP contribution in [-0.2, 0) is 0 Å². The molecular formula is C8H16F2N2. The van der Waals surface area contributed by atoms with Crippen LogP contribution in [0.1, 0.15) is 19.3 Å². The highest BCUT2D eigenvalue weighted by atomic mass is 19.3. The molecule has 72 valence electrons. The second-order valence-corrected chi connectivity index (χ2v) is 3.31. The van der Waals surface area contributed by atoms with Crippen LogP contribution in [0, 0.1) is 0 Å². The molecule has 12 heavy (non-hydrogen) atoms. The number of alkyl halides is 2. The highest BCUT2D eigenvalue weighted by molar-refractivity contribution is 4.95. The summed E-state index contributed by atoms with van der Waals surface area (Å²) in [4.78, 5) is 0. The summed E-state index contributed by atoms with van der Waals surface area (Å²) in [6.45, 7) is 0. The minimum Gasteiger partial charge on any atom is -0.315 e. The Hall–Kier alpha value is -0.220. The summed E-state index contributed by atoms with van der Waals surface area (Å²) >= 11 is 0. The van der Waals surface area contributed by atoms with Gasteiger partial charge in [-0.05, 0) is 26.9 Å². The van der Waals surface area contributed by atoms with Gasteiger partial charge in [-0.15, -0.1) is 0 Å². The van der Waals surface area contributed by atoms with Gasteiger partial charge in [0.05, 0.1) is 6.04 Å². The van der Waals surface area contributed by atoms with E-state index in [1.165, 1.54) is 0 Å². The van der Waals surface area contributed by atoms with Gasteiger partial charge in [-0.25, -0.2) is 8.78 Å². The maximum Gasteiger partial charge on any atom is 0.264 e. The first-order valence-corrected chi connectivity index (χ1v) is 4.34. The molecule has 0 heterocycles. The highest BCUT2D eigenvalue weighted by Gasteiger charge is 2.45. The van der Waals surface area contributed by atoms with Crippen molar-refractivity contribution in [3.8, 4) is 0 Å².